The Kier molecular flexibility index (Phi) is 4.77. The molecule has 0 aliphatic carbocycles. The van der Waals surface area contributed by atoms with E-state index in [4.69, 9.17) is 15.2 Å². The lowest BCUT2D eigenvalue weighted by Gasteiger charge is -2.16. The van der Waals surface area contributed by atoms with Gasteiger partial charge in [0, 0.05) is 25.1 Å². The highest BCUT2D eigenvalue weighted by molar-refractivity contribution is 7.17. The van der Waals surface area contributed by atoms with Gasteiger partial charge in [-0.25, -0.2) is 9.78 Å². The molecule has 3 aromatic rings. The average molecular weight is 442 g/mol. The van der Waals surface area contributed by atoms with Gasteiger partial charge in [-0.1, -0.05) is 20.8 Å². The van der Waals surface area contributed by atoms with Crippen LogP contribution in [0.25, 0.3) is 21.8 Å². The Labute approximate surface area is 181 Å². The van der Waals surface area contributed by atoms with Gasteiger partial charge in [0.1, 0.15) is 16.4 Å². The SMILES string of the molecule is Cn1c(N)c(-c2nc(-c3ccc4c(c3)OCO4)c(C(=O)C(C)(C)C)s2)c(=O)n(C)c1=O. The number of nitrogens with zero attached hydrogens (tertiary/aromatic N) is 3. The highest BCUT2D eigenvalue weighted by Gasteiger charge is 2.31. The number of hydrogen-bond acceptors (Lipinski definition) is 8. The second-order valence-electron chi connectivity index (χ2n) is 8.31. The summed E-state index contributed by atoms with van der Waals surface area (Å²) in [5.41, 5.74) is 5.50. The third-order valence-electron chi connectivity index (χ3n) is 5.08. The summed E-state index contributed by atoms with van der Waals surface area (Å²) in [4.78, 5) is 43.3. The van der Waals surface area contributed by atoms with Crippen LogP contribution in [0, 0.1) is 5.41 Å². The van der Waals surface area contributed by atoms with E-state index in [-0.39, 0.29) is 29.0 Å². The molecule has 0 amide bonds. The highest BCUT2D eigenvalue weighted by Crippen LogP contribution is 2.41. The second kappa shape index (κ2) is 7.09. The molecule has 1 aromatic carbocycles. The molecule has 0 atom stereocenters. The molecule has 0 saturated heterocycles. The normalized spacial score (nSPS) is 12.9. The van der Waals surface area contributed by atoms with Gasteiger partial charge in [-0.3, -0.25) is 18.7 Å². The monoisotopic (exact) mass is 442 g/mol. The Hall–Kier alpha value is -3.40. The first-order chi connectivity index (χ1) is 14.5. The standard InChI is InChI=1S/C21H22N4O5S/c1-21(2,3)16(26)15-14(10-6-7-11-12(8-10)30-9-29-11)23-18(31-15)13-17(22)24(4)20(28)25(5)19(13)27/h6-8H,9,22H2,1-5H3. The van der Waals surface area contributed by atoms with Crippen LogP contribution in [0.4, 0.5) is 5.82 Å². The Morgan fingerprint density at radius 1 is 1.13 bits per heavy atom. The van der Waals surface area contributed by atoms with Crippen LogP contribution >= 0.6 is 11.3 Å². The molecule has 31 heavy (non-hydrogen) atoms. The fourth-order valence-electron chi connectivity index (χ4n) is 3.22. The van der Waals surface area contributed by atoms with Crippen molar-refractivity contribution in [1.82, 2.24) is 14.1 Å². The smallest absolute Gasteiger partial charge is 0.332 e. The lowest BCUT2D eigenvalue weighted by molar-refractivity contribution is 0.0863. The lowest BCUT2D eigenvalue weighted by atomic mass is 9.89. The minimum absolute atomic E-state index is 0.00570. The highest BCUT2D eigenvalue weighted by atomic mass is 32.1. The molecule has 0 spiro atoms. The molecule has 9 nitrogen and oxygen atoms in total. The predicted molar refractivity (Wildman–Crippen MR) is 118 cm³/mol. The quantitative estimate of drug-likeness (QED) is 0.619. The van der Waals surface area contributed by atoms with Gasteiger partial charge >= 0.3 is 5.69 Å². The number of Topliss-reactive ketones (excluding diaryl/α,β-unsaturated/α-hetero) is 1. The van der Waals surface area contributed by atoms with Crippen LogP contribution in [-0.2, 0) is 14.1 Å². The Morgan fingerprint density at radius 3 is 2.48 bits per heavy atom. The number of hydrogen-bond donors (Lipinski definition) is 1. The first-order valence-corrected chi connectivity index (χ1v) is 10.3. The maximum atomic E-state index is 13.2. The number of ether oxygens (including phenoxy) is 2. The maximum Gasteiger partial charge on any atom is 0.332 e. The summed E-state index contributed by atoms with van der Waals surface area (Å²) in [6.07, 6.45) is 0. The molecule has 0 fully saturated rings. The van der Waals surface area contributed by atoms with Gasteiger partial charge in [0.05, 0.1) is 10.6 Å². The van der Waals surface area contributed by atoms with E-state index in [1.807, 2.05) is 20.8 Å². The van der Waals surface area contributed by atoms with Crippen LogP contribution in [0.5, 0.6) is 11.5 Å². The third kappa shape index (κ3) is 3.32. The van der Waals surface area contributed by atoms with Crippen molar-refractivity contribution in [2.24, 2.45) is 19.5 Å². The van der Waals surface area contributed by atoms with Crippen LogP contribution in [0.15, 0.2) is 27.8 Å². The van der Waals surface area contributed by atoms with E-state index < -0.39 is 16.7 Å². The van der Waals surface area contributed by atoms with Crippen LogP contribution < -0.4 is 26.5 Å². The van der Waals surface area contributed by atoms with E-state index >= 15 is 0 Å². The van der Waals surface area contributed by atoms with E-state index in [0.29, 0.717) is 27.6 Å². The van der Waals surface area contributed by atoms with Gasteiger partial charge < -0.3 is 15.2 Å². The molecule has 4 rings (SSSR count). The largest absolute Gasteiger partial charge is 0.454 e. The zero-order valence-corrected chi connectivity index (χ0v) is 18.6. The molecule has 10 heteroatoms. The Morgan fingerprint density at radius 2 is 1.81 bits per heavy atom. The van der Waals surface area contributed by atoms with Crippen molar-refractivity contribution >= 4 is 22.9 Å². The molecule has 2 N–H and O–H groups in total. The van der Waals surface area contributed by atoms with Crippen molar-refractivity contribution < 1.29 is 14.3 Å². The fourth-order valence-corrected chi connectivity index (χ4v) is 4.51. The number of nitrogen functional groups attached to an aromatic ring is 1. The van der Waals surface area contributed by atoms with Gasteiger partial charge in [0.2, 0.25) is 6.79 Å². The molecule has 0 saturated carbocycles. The van der Waals surface area contributed by atoms with E-state index in [2.05, 4.69) is 4.98 Å². The van der Waals surface area contributed by atoms with Crippen molar-refractivity contribution in [3.05, 3.63) is 43.9 Å². The van der Waals surface area contributed by atoms with Crippen molar-refractivity contribution in [3.63, 3.8) is 0 Å². The summed E-state index contributed by atoms with van der Waals surface area (Å²) >= 11 is 1.09. The first-order valence-electron chi connectivity index (χ1n) is 9.52. The molecule has 2 aromatic heterocycles. The number of rotatable bonds is 3. The number of benzene rings is 1. The minimum Gasteiger partial charge on any atom is -0.454 e. The number of thiazole rings is 1. The van der Waals surface area contributed by atoms with E-state index in [1.165, 1.54) is 18.7 Å². The van der Waals surface area contributed by atoms with Crippen molar-refractivity contribution in [2.75, 3.05) is 12.5 Å². The first kappa shape index (κ1) is 20.9. The summed E-state index contributed by atoms with van der Waals surface area (Å²) in [6.45, 7) is 5.58. The van der Waals surface area contributed by atoms with Crippen molar-refractivity contribution in [2.45, 2.75) is 20.8 Å². The van der Waals surface area contributed by atoms with Crippen LogP contribution in [0.3, 0.4) is 0 Å². The van der Waals surface area contributed by atoms with Gasteiger partial charge in [-0.15, -0.1) is 11.3 Å². The Balaban J connectivity index is 1.99. The van der Waals surface area contributed by atoms with E-state index in [9.17, 15) is 14.4 Å². The summed E-state index contributed by atoms with van der Waals surface area (Å²) in [6, 6.07) is 5.29. The lowest BCUT2D eigenvalue weighted by Crippen LogP contribution is -2.39. The Bertz CT molecular complexity index is 1340. The summed E-state index contributed by atoms with van der Waals surface area (Å²) < 4.78 is 13.0. The van der Waals surface area contributed by atoms with Gasteiger partial charge in [0.15, 0.2) is 17.3 Å². The van der Waals surface area contributed by atoms with Gasteiger partial charge in [0.25, 0.3) is 5.56 Å². The average Bonchev–Trinajstić information content (AvgIpc) is 3.36. The number of fused-ring (bicyclic) bond motifs is 1. The number of ketones is 1. The zero-order valence-electron chi connectivity index (χ0n) is 17.8. The summed E-state index contributed by atoms with van der Waals surface area (Å²) in [7, 11) is 2.86. The van der Waals surface area contributed by atoms with Gasteiger partial charge in [-0.05, 0) is 18.2 Å². The zero-order chi connectivity index (χ0) is 22.7. The number of aromatic nitrogens is 3. The van der Waals surface area contributed by atoms with Crippen molar-refractivity contribution in [1.29, 1.82) is 0 Å². The molecule has 162 valence electrons. The van der Waals surface area contributed by atoms with Gasteiger partial charge in [-0.2, -0.15) is 0 Å². The van der Waals surface area contributed by atoms with Crippen molar-refractivity contribution in [3.8, 4) is 33.3 Å². The molecule has 0 radical (unpaired) electrons. The molecule has 1 aliphatic rings. The molecule has 3 heterocycles. The number of carbonyl (C=O) groups excluding carboxylic acids is 1. The predicted octanol–water partition coefficient (Wildman–Crippen LogP) is 2.41. The third-order valence-corrected chi connectivity index (χ3v) is 6.16. The number of anilines is 1. The summed E-state index contributed by atoms with van der Waals surface area (Å²) in [5.74, 6) is 1.04. The molecule has 0 bridgehead atoms. The molecular formula is C21H22N4O5S. The topological polar surface area (TPSA) is 118 Å². The summed E-state index contributed by atoms with van der Waals surface area (Å²) in [5, 5.41) is 0.272. The fraction of sp³-hybridized carbons (Fsp3) is 0.333. The number of nitrogens with two attached hydrogens (primary N) is 1. The van der Waals surface area contributed by atoms with Crippen LogP contribution in [-0.4, -0.2) is 26.7 Å². The molecular weight excluding hydrogens is 420 g/mol. The molecule has 1 aliphatic heterocycles. The van der Waals surface area contributed by atoms with E-state index in [0.717, 1.165) is 15.9 Å². The second-order valence-corrected chi connectivity index (χ2v) is 9.31. The van der Waals surface area contributed by atoms with Crippen LogP contribution in [0.2, 0.25) is 0 Å². The van der Waals surface area contributed by atoms with E-state index in [1.54, 1.807) is 18.2 Å². The number of carbonyl (C=O) groups is 1. The minimum atomic E-state index is -0.672. The maximum absolute atomic E-state index is 13.2. The van der Waals surface area contributed by atoms with Crippen LogP contribution in [0.1, 0.15) is 30.4 Å². The molecule has 0 unspecified atom stereocenters.